The van der Waals surface area contributed by atoms with Crippen LogP contribution in [0.15, 0.2) is 4.63 Å². The molecule has 0 bridgehead atoms. The van der Waals surface area contributed by atoms with Gasteiger partial charge in [0.15, 0.2) is 5.69 Å². The van der Waals surface area contributed by atoms with E-state index in [1.165, 1.54) is 0 Å². The molecule has 0 unspecified atom stereocenters. The van der Waals surface area contributed by atoms with Gasteiger partial charge in [0.2, 0.25) is 5.69 Å². The van der Waals surface area contributed by atoms with Crippen molar-refractivity contribution in [2.24, 2.45) is 0 Å². The molecule has 11 heavy (non-hydrogen) atoms. The van der Waals surface area contributed by atoms with Crippen LogP contribution < -0.4 is 4.90 Å². The van der Waals surface area contributed by atoms with Crippen molar-refractivity contribution in [1.82, 2.24) is 5.16 Å². The minimum absolute atomic E-state index is 0.254. The molecular weight excluding hydrogens is 144 g/mol. The normalized spacial score (nSPS) is 10.9. The fraction of sp³-hybridized carbons (Fsp3) is 0.714. The quantitative estimate of drug-likeness (QED) is 0.600. The van der Waals surface area contributed by atoms with E-state index < -0.39 is 0 Å². The van der Waals surface area contributed by atoms with Crippen molar-refractivity contribution in [3.63, 3.8) is 0 Å². The summed E-state index contributed by atoms with van der Waals surface area (Å²) in [4.78, 5) is 0.481. The molecule has 0 radical (unpaired) electrons. The Bertz CT molecular complexity index is 243. The Morgan fingerprint density at radius 3 is 2.64 bits per heavy atom. The topological polar surface area (TPSA) is 53.0 Å². The molecule has 4 nitrogen and oxygen atoms in total. The van der Waals surface area contributed by atoms with Crippen LogP contribution in [0.2, 0.25) is 0 Å². The van der Waals surface area contributed by atoms with Crippen LogP contribution in [0.4, 0.5) is 0 Å². The van der Waals surface area contributed by atoms with Crippen LogP contribution in [0, 0.1) is 5.21 Å². The number of aromatic nitrogens is 2. The summed E-state index contributed by atoms with van der Waals surface area (Å²) < 4.78 is 4.46. The maximum atomic E-state index is 10.9. The highest BCUT2D eigenvalue weighted by Gasteiger charge is 2.19. The monoisotopic (exact) mass is 156 g/mol. The SMILES string of the molecule is CCc1c(C(C)C)no[n+]1[O-]. The molecule has 0 aliphatic heterocycles. The van der Waals surface area contributed by atoms with Gasteiger partial charge < -0.3 is 5.21 Å². The molecule has 0 atom stereocenters. The van der Waals surface area contributed by atoms with Crippen molar-refractivity contribution in [2.45, 2.75) is 33.1 Å². The zero-order valence-corrected chi connectivity index (χ0v) is 7.00. The molecule has 1 aromatic heterocycles. The summed E-state index contributed by atoms with van der Waals surface area (Å²) >= 11 is 0. The van der Waals surface area contributed by atoms with Gasteiger partial charge in [-0.1, -0.05) is 20.8 Å². The molecule has 0 aliphatic rings. The minimum atomic E-state index is 0.254. The third-order valence-corrected chi connectivity index (χ3v) is 1.61. The van der Waals surface area contributed by atoms with Gasteiger partial charge in [0, 0.05) is 17.5 Å². The molecule has 4 heteroatoms. The van der Waals surface area contributed by atoms with Gasteiger partial charge in [-0.05, 0) is 4.90 Å². The first-order chi connectivity index (χ1) is 5.16. The average molecular weight is 156 g/mol. The molecule has 0 fully saturated rings. The van der Waals surface area contributed by atoms with E-state index in [9.17, 15) is 5.21 Å². The first-order valence-corrected chi connectivity index (χ1v) is 3.75. The lowest BCUT2D eigenvalue weighted by Crippen LogP contribution is -2.28. The van der Waals surface area contributed by atoms with E-state index in [0.717, 1.165) is 5.69 Å². The predicted octanol–water partition coefficient (Wildman–Crippen LogP) is 0.994. The number of hydrogen-bond donors (Lipinski definition) is 0. The summed E-state index contributed by atoms with van der Waals surface area (Å²) in [7, 11) is 0. The van der Waals surface area contributed by atoms with Crippen LogP contribution in [-0.4, -0.2) is 5.16 Å². The molecule has 0 saturated heterocycles. The number of nitrogens with zero attached hydrogens (tertiary/aromatic N) is 2. The second kappa shape index (κ2) is 2.90. The Kier molecular flexibility index (Phi) is 2.12. The maximum Gasteiger partial charge on any atom is 0.223 e. The van der Waals surface area contributed by atoms with Crippen molar-refractivity contribution in [3.05, 3.63) is 16.6 Å². The zero-order chi connectivity index (χ0) is 8.43. The van der Waals surface area contributed by atoms with Crippen molar-refractivity contribution >= 4 is 0 Å². The van der Waals surface area contributed by atoms with E-state index in [-0.39, 0.29) is 5.92 Å². The molecule has 0 aliphatic carbocycles. The van der Waals surface area contributed by atoms with Gasteiger partial charge in [0.25, 0.3) is 0 Å². The highest BCUT2D eigenvalue weighted by molar-refractivity contribution is 5.07. The van der Waals surface area contributed by atoms with E-state index in [4.69, 9.17) is 0 Å². The molecular formula is C7H12N2O2. The lowest BCUT2D eigenvalue weighted by molar-refractivity contribution is -0.807. The molecule has 0 amide bonds. The van der Waals surface area contributed by atoms with Crippen molar-refractivity contribution in [3.8, 4) is 0 Å². The molecule has 0 N–H and O–H groups in total. The smallest absolute Gasteiger partial charge is 0.223 e. The van der Waals surface area contributed by atoms with E-state index >= 15 is 0 Å². The number of rotatable bonds is 2. The Morgan fingerprint density at radius 1 is 1.64 bits per heavy atom. The van der Waals surface area contributed by atoms with E-state index in [0.29, 0.717) is 17.0 Å². The molecule has 1 heterocycles. The van der Waals surface area contributed by atoms with Gasteiger partial charge >= 0.3 is 0 Å². The minimum Gasteiger partial charge on any atom is -0.359 e. The predicted molar refractivity (Wildman–Crippen MR) is 38.9 cm³/mol. The van der Waals surface area contributed by atoms with Gasteiger partial charge in [-0.15, -0.1) is 0 Å². The summed E-state index contributed by atoms with van der Waals surface area (Å²) in [6.45, 7) is 5.88. The van der Waals surface area contributed by atoms with Crippen LogP contribution in [0.1, 0.15) is 38.1 Å². The van der Waals surface area contributed by atoms with Crippen LogP contribution >= 0.6 is 0 Å². The van der Waals surface area contributed by atoms with E-state index in [1.807, 2.05) is 20.8 Å². The second-order valence-electron chi connectivity index (χ2n) is 2.77. The lowest BCUT2D eigenvalue weighted by Gasteiger charge is -1.95. The van der Waals surface area contributed by atoms with Crippen molar-refractivity contribution in [1.29, 1.82) is 0 Å². The van der Waals surface area contributed by atoms with Gasteiger partial charge in [0.1, 0.15) is 0 Å². The maximum absolute atomic E-state index is 10.9. The van der Waals surface area contributed by atoms with Crippen LogP contribution in [0.5, 0.6) is 0 Å². The third-order valence-electron chi connectivity index (χ3n) is 1.61. The van der Waals surface area contributed by atoms with Crippen molar-refractivity contribution < 1.29 is 9.53 Å². The van der Waals surface area contributed by atoms with Crippen LogP contribution in [0.3, 0.4) is 0 Å². The van der Waals surface area contributed by atoms with Gasteiger partial charge in [0.05, 0.1) is 0 Å². The van der Waals surface area contributed by atoms with E-state index in [1.54, 1.807) is 0 Å². The summed E-state index contributed by atoms with van der Waals surface area (Å²) in [5, 5.41) is 14.5. The molecule has 0 spiro atoms. The van der Waals surface area contributed by atoms with E-state index in [2.05, 4.69) is 9.79 Å². The molecule has 62 valence electrons. The van der Waals surface area contributed by atoms with Crippen molar-refractivity contribution in [2.75, 3.05) is 0 Å². The standard InChI is InChI=1S/C7H12N2O2/c1-4-6-7(5(2)3)8-11-9(6)10/h5H,4H2,1-3H3. The Balaban J connectivity index is 3.05. The second-order valence-corrected chi connectivity index (χ2v) is 2.77. The molecule has 1 rings (SSSR count). The first-order valence-electron chi connectivity index (χ1n) is 3.75. The summed E-state index contributed by atoms with van der Waals surface area (Å²) in [6.07, 6.45) is 0.667. The van der Waals surface area contributed by atoms with Gasteiger partial charge in [-0.3, -0.25) is 4.63 Å². The average Bonchev–Trinajstić information content (AvgIpc) is 2.30. The number of hydrogen-bond acceptors (Lipinski definition) is 3. The fourth-order valence-electron chi connectivity index (χ4n) is 1.03. The molecule has 0 aromatic carbocycles. The van der Waals surface area contributed by atoms with Crippen LogP contribution in [-0.2, 0) is 6.42 Å². The largest absolute Gasteiger partial charge is 0.359 e. The Labute approximate surface area is 65.4 Å². The summed E-state index contributed by atoms with van der Waals surface area (Å²) in [6, 6.07) is 0. The highest BCUT2D eigenvalue weighted by Crippen LogP contribution is 2.13. The molecule has 0 saturated carbocycles. The van der Waals surface area contributed by atoms with Gasteiger partial charge in [-0.25, -0.2) is 0 Å². The highest BCUT2D eigenvalue weighted by atomic mass is 16.8. The van der Waals surface area contributed by atoms with Crippen LogP contribution in [0.25, 0.3) is 0 Å². The first kappa shape index (κ1) is 8.04. The third kappa shape index (κ3) is 1.34. The fourth-order valence-corrected chi connectivity index (χ4v) is 1.03. The Morgan fingerprint density at radius 2 is 2.27 bits per heavy atom. The Hall–Kier alpha value is -1.06. The molecule has 1 aromatic rings. The van der Waals surface area contributed by atoms with Gasteiger partial charge in [-0.2, -0.15) is 0 Å². The summed E-state index contributed by atoms with van der Waals surface area (Å²) in [5.41, 5.74) is 1.41. The summed E-state index contributed by atoms with van der Waals surface area (Å²) in [5.74, 6) is 0.254. The lowest BCUT2D eigenvalue weighted by atomic mass is 10.1. The zero-order valence-electron chi connectivity index (χ0n) is 7.00.